The Labute approximate surface area is 263 Å². The van der Waals surface area contributed by atoms with Gasteiger partial charge in [-0.3, -0.25) is 9.36 Å². The van der Waals surface area contributed by atoms with E-state index >= 15 is 13.2 Å². The fraction of sp³-hybridized carbons (Fsp3) is 0.364. The Hall–Kier alpha value is -4.94. The first kappa shape index (κ1) is 31.1. The number of anilines is 2. The summed E-state index contributed by atoms with van der Waals surface area (Å²) in [5, 5.41) is 13.7. The number of hydrogen-bond acceptors (Lipinski definition) is 8. The number of fused-ring (bicyclic) bond motifs is 2. The van der Waals surface area contributed by atoms with Gasteiger partial charge in [-0.15, -0.1) is 0 Å². The molecule has 4 heterocycles. The van der Waals surface area contributed by atoms with Crippen LogP contribution in [0.4, 0.5) is 24.7 Å². The van der Waals surface area contributed by atoms with E-state index in [1.165, 1.54) is 18.5 Å². The molecule has 46 heavy (non-hydrogen) atoms. The minimum absolute atomic E-state index is 0.0237. The number of phenols is 1. The van der Waals surface area contributed by atoms with E-state index in [4.69, 9.17) is 0 Å². The highest BCUT2D eigenvalue weighted by Crippen LogP contribution is 2.47. The summed E-state index contributed by atoms with van der Waals surface area (Å²) in [7, 11) is 0. The average molecular weight is 634 g/mol. The number of halogens is 3. The van der Waals surface area contributed by atoms with Crippen molar-refractivity contribution >= 4 is 28.3 Å². The van der Waals surface area contributed by atoms with Gasteiger partial charge in [0.25, 0.3) is 0 Å². The second kappa shape index (κ2) is 11.5. The Morgan fingerprint density at radius 1 is 1.07 bits per heavy atom. The Morgan fingerprint density at radius 3 is 2.35 bits per heavy atom. The Kier molecular flexibility index (Phi) is 7.73. The maximum Gasteiger partial charge on any atom is 0.354 e. The van der Waals surface area contributed by atoms with Gasteiger partial charge in [0.15, 0.2) is 11.6 Å². The summed E-state index contributed by atoms with van der Waals surface area (Å²) in [5.41, 5.74) is -1.93. The fourth-order valence-corrected chi connectivity index (χ4v) is 6.68. The minimum atomic E-state index is -1.26. The summed E-state index contributed by atoms with van der Waals surface area (Å²) < 4.78 is 50.4. The van der Waals surface area contributed by atoms with Gasteiger partial charge >= 0.3 is 5.69 Å². The van der Waals surface area contributed by atoms with E-state index < -0.39 is 52.1 Å². The molecule has 4 aromatic rings. The van der Waals surface area contributed by atoms with E-state index in [1.807, 2.05) is 34.6 Å². The topological polar surface area (TPSA) is 116 Å². The van der Waals surface area contributed by atoms with E-state index in [0.29, 0.717) is 11.4 Å². The first-order valence-corrected chi connectivity index (χ1v) is 15.1. The molecular formula is C33H34F3N7O3. The first-order chi connectivity index (χ1) is 21.9. The largest absolute Gasteiger partial charge is 0.507 e. The molecule has 0 radical (unpaired) electrons. The maximum atomic E-state index is 17.3. The molecule has 2 aromatic carbocycles. The molecule has 6 rings (SSSR count). The number of aromatic nitrogens is 4. The number of hydrogen-bond donors (Lipinski definition) is 2. The van der Waals surface area contributed by atoms with Crippen molar-refractivity contribution in [3.8, 4) is 22.6 Å². The van der Waals surface area contributed by atoms with Crippen LogP contribution in [0.2, 0.25) is 0 Å². The standard InChI is InChI=1S/C33H34F3N7O3/c1-7-21(45)41-12-17(6)42-18(13-41)11-37-29-24-30(26(36)23(25(29)35)22-19(34)9-8-10-20(22)44)43(33(46)40-32(24)42)31-27(15(2)3)38-14-39-28(31)16(4)5/h7-10,14-18,37,44H,1,11-13H2,2-6H3. The van der Waals surface area contributed by atoms with E-state index in [9.17, 15) is 14.7 Å². The molecule has 0 bridgehead atoms. The summed E-state index contributed by atoms with van der Waals surface area (Å²) in [6.07, 6.45) is 2.58. The zero-order valence-electron chi connectivity index (χ0n) is 26.1. The van der Waals surface area contributed by atoms with Gasteiger partial charge in [-0.1, -0.05) is 40.3 Å². The number of nitrogens with zero attached hydrogens (tertiary/aromatic N) is 6. The van der Waals surface area contributed by atoms with Crippen LogP contribution in [0.3, 0.4) is 0 Å². The van der Waals surface area contributed by atoms with Crippen LogP contribution in [-0.2, 0) is 4.79 Å². The second-order valence-corrected chi connectivity index (χ2v) is 12.3. The van der Waals surface area contributed by atoms with E-state index in [0.717, 1.165) is 16.7 Å². The van der Waals surface area contributed by atoms with Crippen LogP contribution in [0, 0.1) is 17.5 Å². The predicted octanol–water partition coefficient (Wildman–Crippen LogP) is 5.23. The quantitative estimate of drug-likeness (QED) is 0.287. The fourth-order valence-electron chi connectivity index (χ4n) is 6.68. The summed E-state index contributed by atoms with van der Waals surface area (Å²) in [4.78, 5) is 43.7. The lowest BCUT2D eigenvalue weighted by Crippen LogP contribution is -2.61. The van der Waals surface area contributed by atoms with E-state index in [-0.39, 0.29) is 65.5 Å². The van der Waals surface area contributed by atoms with Gasteiger partial charge in [0.2, 0.25) is 5.91 Å². The van der Waals surface area contributed by atoms with Gasteiger partial charge in [0, 0.05) is 25.7 Å². The van der Waals surface area contributed by atoms with Crippen molar-refractivity contribution < 1.29 is 23.1 Å². The Bertz CT molecular complexity index is 1930. The summed E-state index contributed by atoms with van der Waals surface area (Å²) in [6.45, 7) is 13.4. The van der Waals surface area contributed by atoms with Crippen molar-refractivity contribution in [2.24, 2.45) is 0 Å². The number of carbonyl (C=O) groups is 1. The molecule has 0 saturated carbocycles. The van der Waals surface area contributed by atoms with Crippen LogP contribution in [0.5, 0.6) is 5.75 Å². The number of nitrogens with one attached hydrogen (secondary N) is 1. The Balaban J connectivity index is 1.80. The van der Waals surface area contributed by atoms with E-state index in [1.54, 1.807) is 9.80 Å². The van der Waals surface area contributed by atoms with Crippen LogP contribution in [0.1, 0.15) is 57.8 Å². The third-order valence-electron chi connectivity index (χ3n) is 8.66. The van der Waals surface area contributed by atoms with Crippen molar-refractivity contribution in [2.45, 2.75) is 58.5 Å². The number of benzene rings is 2. The van der Waals surface area contributed by atoms with Crippen LogP contribution in [-0.4, -0.2) is 67.2 Å². The molecule has 2 atom stereocenters. The highest BCUT2D eigenvalue weighted by molar-refractivity contribution is 6.05. The number of aromatic hydroxyl groups is 1. The van der Waals surface area contributed by atoms with Crippen LogP contribution < -0.4 is 15.9 Å². The molecule has 10 nitrogen and oxygen atoms in total. The normalized spacial score (nSPS) is 17.7. The van der Waals surface area contributed by atoms with Crippen molar-refractivity contribution in [3.05, 3.63) is 76.5 Å². The van der Waals surface area contributed by atoms with Crippen molar-refractivity contribution in [1.82, 2.24) is 24.4 Å². The molecule has 1 amide bonds. The molecule has 2 aromatic heterocycles. The predicted molar refractivity (Wildman–Crippen MR) is 169 cm³/mol. The molecule has 1 saturated heterocycles. The zero-order valence-corrected chi connectivity index (χ0v) is 26.1. The molecule has 2 unspecified atom stereocenters. The summed E-state index contributed by atoms with van der Waals surface area (Å²) >= 11 is 0. The van der Waals surface area contributed by atoms with Crippen molar-refractivity contribution in [2.75, 3.05) is 29.9 Å². The number of carbonyl (C=O) groups excluding carboxylic acids is 1. The van der Waals surface area contributed by atoms with Gasteiger partial charge in [0.05, 0.1) is 45.3 Å². The lowest BCUT2D eigenvalue weighted by atomic mass is 9.97. The van der Waals surface area contributed by atoms with Gasteiger partial charge in [0.1, 0.15) is 29.2 Å². The molecule has 240 valence electrons. The Morgan fingerprint density at radius 2 is 1.74 bits per heavy atom. The van der Waals surface area contributed by atoms with Crippen LogP contribution >= 0.6 is 0 Å². The molecule has 2 aliphatic heterocycles. The molecular weight excluding hydrogens is 599 g/mol. The van der Waals surface area contributed by atoms with Gasteiger partial charge in [-0.2, -0.15) is 4.98 Å². The number of rotatable bonds is 5. The zero-order chi connectivity index (χ0) is 33.2. The van der Waals surface area contributed by atoms with Crippen LogP contribution in [0.25, 0.3) is 27.7 Å². The van der Waals surface area contributed by atoms with Gasteiger partial charge < -0.3 is 20.2 Å². The molecule has 1 fully saturated rings. The lowest BCUT2D eigenvalue weighted by molar-refractivity contribution is -0.127. The third-order valence-corrected chi connectivity index (χ3v) is 8.66. The smallest absolute Gasteiger partial charge is 0.354 e. The maximum absolute atomic E-state index is 17.3. The number of phenolic OH excluding ortho intramolecular Hbond substituents is 1. The monoisotopic (exact) mass is 633 g/mol. The molecule has 0 aliphatic carbocycles. The van der Waals surface area contributed by atoms with Crippen molar-refractivity contribution in [1.29, 1.82) is 0 Å². The highest BCUT2D eigenvalue weighted by atomic mass is 19.1. The van der Waals surface area contributed by atoms with Crippen molar-refractivity contribution in [3.63, 3.8) is 0 Å². The molecule has 2 aliphatic rings. The molecule has 13 heteroatoms. The van der Waals surface area contributed by atoms with Gasteiger partial charge in [-0.05, 0) is 37.0 Å². The average Bonchev–Trinajstić information content (AvgIpc) is 3.17. The second-order valence-electron chi connectivity index (χ2n) is 12.3. The third kappa shape index (κ3) is 4.67. The van der Waals surface area contributed by atoms with Gasteiger partial charge in [-0.25, -0.2) is 27.9 Å². The van der Waals surface area contributed by atoms with Crippen LogP contribution in [0.15, 0.2) is 42.0 Å². The summed E-state index contributed by atoms with van der Waals surface area (Å²) in [5.74, 6) is -4.92. The SMILES string of the molecule is C=CC(=O)N1CC(C)N2c3nc(=O)n(-c4c(C(C)C)ncnc4C(C)C)c4c(F)c(-c5c(O)cccc5F)c(F)c(c34)NCC2C1. The van der Waals surface area contributed by atoms with E-state index in [2.05, 4.69) is 26.8 Å². The minimum Gasteiger partial charge on any atom is -0.507 e. The molecule has 0 spiro atoms. The summed E-state index contributed by atoms with van der Waals surface area (Å²) in [6, 6.07) is 2.41. The molecule has 2 N–H and O–H groups in total. The first-order valence-electron chi connectivity index (χ1n) is 15.1. The lowest BCUT2D eigenvalue weighted by Gasteiger charge is -2.45. The number of amides is 1. The highest BCUT2D eigenvalue weighted by Gasteiger charge is 2.41. The number of piperazine rings is 1.